The minimum atomic E-state index is -1.35. The van der Waals surface area contributed by atoms with Crippen LogP contribution in [-0.4, -0.2) is 88.3 Å². The van der Waals surface area contributed by atoms with Crippen molar-refractivity contribution < 1.29 is 28.8 Å². The number of carboxylic acid groups (broad SMARTS) is 1. The quantitative estimate of drug-likeness (QED) is 0.209. The molecular weight excluding hydrogens is 480 g/mol. The van der Waals surface area contributed by atoms with Crippen LogP contribution in [0.5, 0.6) is 0 Å². The summed E-state index contributed by atoms with van der Waals surface area (Å²) in [6.07, 6.45) is 2.28. The molecule has 1 aromatic rings. The Labute approximate surface area is 204 Å². The van der Waals surface area contributed by atoms with Crippen molar-refractivity contribution in [3.05, 3.63) is 22.3 Å². The average Bonchev–Trinajstić information content (AvgIpc) is 3.47. The third kappa shape index (κ3) is 3.75. The molecule has 182 valence electrons. The van der Waals surface area contributed by atoms with E-state index < -0.39 is 29.2 Å². The minimum absolute atomic E-state index is 0.0368. The summed E-state index contributed by atoms with van der Waals surface area (Å²) in [5.74, 6) is -2.01. The van der Waals surface area contributed by atoms with Crippen LogP contribution in [0.25, 0.3) is 0 Å². The molecule has 2 atom stereocenters. The van der Waals surface area contributed by atoms with Crippen molar-refractivity contribution in [3.63, 3.8) is 0 Å². The summed E-state index contributed by atoms with van der Waals surface area (Å²) in [6.45, 7) is 6.02. The van der Waals surface area contributed by atoms with Crippen molar-refractivity contribution in [3.8, 4) is 0 Å². The molecule has 2 amide bonds. The molecule has 2 bridgehead atoms. The van der Waals surface area contributed by atoms with Gasteiger partial charge < -0.3 is 30.3 Å². The Hall–Kier alpha value is -2.64. The zero-order chi connectivity index (χ0) is 24.3. The van der Waals surface area contributed by atoms with Crippen LogP contribution in [-0.2, 0) is 19.2 Å². The number of thioether (sulfide) groups is 1. The van der Waals surface area contributed by atoms with Gasteiger partial charge in [-0.3, -0.25) is 14.5 Å². The second kappa shape index (κ2) is 8.24. The number of rotatable bonds is 7. The van der Waals surface area contributed by atoms with Crippen molar-refractivity contribution in [1.29, 1.82) is 0 Å². The molecule has 0 unspecified atom stereocenters. The molecule has 0 aliphatic carbocycles. The van der Waals surface area contributed by atoms with Crippen LogP contribution in [0.1, 0.15) is 25.5 Å². The second-order valence-electron chi connectivity index (χ2n) is 9.71. The maximum Gasteiger partial charge on any atom is 0.276 e. The van der Waals surface area contributed by atoms with E-state index in [0.29, 0.717) is 17.7 Å². The standard InChI is InChI=1S/C21H26N6O5S2/c1-21-3-5-27(10-21,6-4-21)7-11-8-33-18-14(17(29)26(18)15(11)19(30)31)24-16(28)13(25-32-2)12-9-34-20(22)23-12/h9,14,18H,3-8,10H2,1-2H3,(H3-,22,23,24,28,30,31)/b25-13-/t14-,18-,21?,27?/m1/s1. The van der Waals surface area contributed by atoms with Gasteiger partial charge in [0.15, 0.2) is 10.8 Å². The number of β-lactam (4-membered cyclic amide) rings is 1. The first-order chi connectivity index (χ1) is 16.2. The number of nitrogen functional groups attached to an aromatic ring is 1. The molecule has 0 radical (unpaired) electrons. The maximum absolute atomic E-state index is 13.0. The Balaban J connectivity index is 1.34. The van der Waals surface area contributed by atoms with Gasteiger partial charge in [-0.2, -0.15) is 0 Å². The highest BCUT2D eigenvalue weighted by Gasteiger charge is 2.56. The Kier molecular flexibility index (Phi) is 5.60. The molecule has 0 spiro atoms. The van der Waals surface area contributed by atoms with Gasteiger partial charge in [0, 0.05) is 35.0 Å². The van der Waals surface area contributed by atoms with Gasteiger partial charge in [0.2, 0.25) is 0 Å². The molecule has 11 nitrogen and oxygen atoms in total. The summed E-state index contributed by atoms with van der Waals surface area (Å²) in [4.78, 5) is 48.1. The van der Waals surface area contributed by atoms with E-state index in [2.05, 4.69) is 22.4 Å². The summed E-state index contributed by atoms with van der Waals surface area (Å²) < 4.78 is 0.879. The van der Waals surface area contributed by atoms with Crippen molar-refractivity contribution in [1.82, 2.24) is 15.2 Å². The Bertz CT molecular complexity index is 1120. The molecule has 0 saturated carbocycles. The number of quaternary nitrogens is 1. The van der Waals surface area contributed by atoms with Crippen LogP contribution >= 0.6 is 23.1 Å². The summed E-state index contributed by atoms with van der Waals surface area (Å²) in [5.41, 5.74) is 6.81. The van der Waals surface area contributed by atoms with E-state index in [4.69, 9.17) is 10.6 Å². The number of hydrogen-bond acceptors (Lipinski definition) is 10. The van der Waals surface area contributed by atoms with Gasteiger partial charge in [-0.15, -0.1) is 23.1 Å². The van der Waals surface area contributed by atoms with Gasteiger partial charge in [-0.1, -0.05) is 12.1 Å². The van der Waals surface area contributed by atoms with Crippen LogP contribution in [0.15, 0.2) is 21.8 Å². The Morgan fingerprint density at radius 3 is 2.74 bits per heavy atom. The summed E-state index contributed by atoms with van der Waals surface area (Å²) in [6, 6.07) is -0.889. The van der Waals surface area contributed by atoms with Gasteiger partial charge in [-0.05, 0) is 0 Å². The molecule has 4 aliphatic heterocycles. The third-order valence-electron chi connectivity index (χ3n) is 7.31. The van der Waals surface area contributed by atoms with Gasteiger partial charge in [0.25, 0.3) is 11.8 Å². The largest absolute Gasteiger partial charge is 0.543 e. The predicted octanol–water partition coefficient (Wildman–Crippen LogP) is -0.890. The minimum Gasteiger partial charge on any atom is -0.543 e. The van der Waals surface area contributed by atoms with Gasteiger partial charge in [-0.25, -0.2) is 4.98 Å². The summed E-state index contributed by atoms with van der Waals surface area (Å²) in [5, 5.41) is 19.8. The lowest BCUT2D eigenvalue weighted by molar-refractivity contribution is -0.904. The zero-order valence-corrected chi connectivity index (χ0v) is 20.5. The lowest BCUT2D eigenvalue weighted by atomic mass is 9.87. The number of piperidine rings is 1. The number of oxime groups is 1. The van der Waals surface area contributed by atoms with Crippen LogP contribution < -0.4 is 16.2 Å². The predicted molar refractivity (Wildman–Crippen MR) is 124 cm³/mol. The van der Waals surface area contributed by atoms with Crippen LogP contribution in [0.4, 0.5) is 5.13 Å². The van der Waals surface area contributed by atoms with Crippen LogP contribution in [0.3, 0.4) is 0 Å². The topological polar surface area (TPSA) is 150 Å². The molecule has 1 aromatic heterocycles. The highest BCUT2D eigenvalue weighted by molar-refractivity contribution is 8.00. The molecule has 4 aliphatic rings. The molecule has 13 heteroatoms. The normalized spacial score (nSPS) is 32.5. The smallest absolute Gasteiger partial charge is 0.276 e. The van der Waals surface area contributed by atoms with E-state index in [1.807, 2.05) is 0 Å². The monoisotopic (exact) mass is 506 g/mol. The molecular formula is C21H26N6O5S2. The molecule has 0 aromatic carbocycles. The Morgan fingerprint density at radius 2 is 2.18 bits per heavy atom. The zero-order valence-electron chi connectivity index (χ0n) is 18.9. The number of anilines is 1. The second-order valence-corrected chi connectivity index (χ2v) is 11.7. The fraction of sp³-hybridized carbons (Fsp3) is 0.571. The lowest BCUT2D eigenvalue weighted by Crippen LogP contribution is -2.71. The van der Waals surface area contributed by atoms with Crippen LogP contribution in [0, 0.1) is 5.41 Å². The first-order valence-electron chi connectivity index (χ1n) is 11.0. The molecule has 3 fully saturated rings. The van der Waals surface area contributed by atoms with Crippen LogP contribution in [0.2, 0.25) is 0 Å². The van der Waals surface area contributed by atoms with E-state index >= 15 is 0 Å². The average molecular weight is 507 g/mol. The van der Waals surface area contributed by atoms with Crippen molar-refractivity contribution in [2.24, 2.45) is 10.6 Å². The molecule has 3 saturated heterocycles. The SMILES string of the molecule is CO/N=C(\C(=O)N[C@@H]1C(=O)N2C(C(=O)[O-])=C(C[N+]34CCC(C)(CC3)C4)CS[C@H]12)c1csc(N)n1. The lowest BCUT2D eigenvalue weighted by Gasteiger charge is -2.51. The molecule has 3 N–H and O–H groups in total. The number of nitrogens with one attached hydrogen (secondary N) is 1. The molecule has 5 rings (SSSR count). The number of carbonyl (C=O) groups excluding carboxylic acids is 3. The maximum atomic E-state index is 13.0. The summed E-state index contributed by atoms with van der Waals surface area (Å²) in [7, 11) is 1.30. The van der Waals surface area contributed by atoms with E-state index in [-0.39, 0.29) is 22.2 Å². The molecule has 34 heavy (non-hydrogen) atoms. The number of nitrogens with two attached hydrogens (primary N) is 1. The third-order valence-corrected chi connectivity index (χ3v) is 9.33. The molecule has 5 heterocycles. The van der Waals surface area contributed by atoms with Gasteiger partial charge in [0.05, 0.1) is 31.3 Å². The van der Waals surface area contributed by atoms with E-state index in [1.165, 1.54) is 23.8 Å². The number of thiazole rings is 1. The van der Waals surface area contributed by atoms with Gasteiger partial charge >= 0.3 is 0 Å². The number of nitrogens with zero attached hydrogens (tertiary/aromatic N) is 4. The highest BCUT2D eigenvalue weighted by Crippen LogP contribution is 2.47. The van der Waals surface area contributed by atoms with Crippen molar-refractivity contribution in [2.45, 2.75) is 31.2 Å². The number of fused-ring (bicyclic) bond motifs is 3. The fourth-order valence-electron chi connectivity index (χ4n) is 5.69. The highest BCUT2D eigenvalue weighted by atomic mass is 32.2. The first-order valence-corrected chi connectivity index (χ1v) is 12.9. The number of amides is 2. The number of carboxylic acids is 1. The first kappa shape index (κ1) is 23.1. The van der Waals surface area contributed by atoms with Crippen molar-refractivity contribution >= 4 is 51.7 Å². The Morgan fingerprint density at radius 1 is 1.44 bits per heavy atom. The number of aromatic nitrogens is 1. The van der Waals surface area contributed by atoms with Crippen molar-refractivity contribution in [2.75, 3.05) is 44.8 Å². The number of carbonyl (C=O) groups is 3. The van der Waals surface area contributed by atoms with E-state index in [1.54, 1.807) is 5.38 Å². The van der Waals surface area contributed by atoms with E-state index in [0.717, 1.165) is 53.9 Å². The fourth-order valence-corrected chi connectivity index (χ4v) is 7.57. The number of aliphatic carboxylic acids is 1. The van der Waals surface area contributed by atoms with E-state index in [9.17, 15) is 19.5 Å². The number of hydrogen-bond donors (Lipinski definition) is 2. The van der Waals surface area contributed by atoms with Gasteiger partial charge in [0.1, 0.15) is 30.8 Å². The summed E-state index contributed by atoms with van der Waals surface area (Å²) >= 11 is 2.60.